The minimum absolute atomic E-state index is 0.0000552. The fourth-order valence-corrected chi connectivity index (χ4v) is 5.68. The van der Waals surface area contributed by atoms with E-state index in [0.29, 0.717) is 29.2 Å². The molecule has 3 aromatic rings. The molecule has 0 radical (unpaired) electrons. The van der Waals surface area contributed by atoms with Crippen molar-refractivity contribution in [3.05, 3.63) is 81.8 Å². The van der Waals surface area contributed by atoms with Gasteiger partial charge < -0.3 is 14.2 Å². The second-order valence-electron chi connectivity index (χ2n) is 7.90. The summed E-state index contributed by atoms with van der Waals surface area (Å²) in [4.78, 5) is 12.6. The first kappa shape index (κ1) is 29.2. The van der Waals surface area contributed by atoms with Crippen LogP contribution in [0.1, 0.15) is 11.1 Å². The van der Waals surface area contributed by atoms with E-state index >= 15 is 0 Å². The Hall–Kier alpha value is -3.31. The van der Waals surface area contributed by atoms with E-state index in [4.69, 9.17) is 37.4 Å². The highest BCUT2D eigenvalue weighted by Crippen LogP contribution is 2.37. The van der Waals surface area contributed by atoms with Crippen molar-refractivity contribution in [1.82, 2.24) is 9.73 Å². The molecule has 3 rings (SSSR count). The molecule has 0 aliphatic heterocycles. The number of nitrogens with zero attached hydrogens (tertiary/aromatic N) is 2. The number of methoxy groups -OCH3 is 3. The average molecular weight is 580 g/mol. The number of halogens is 2. The summed E-state index contributed by atoms with van der Waals surface area (Å²) in [5, 5.41) is 4.16. The maximum absolute atomic E-state index is 13.5. The number of hydrogen-bond acceptors (Lipinski definition) is 7. The SMILES string of the molecule is COc1cc(/C=N\NC(=O)CN(CCc2ccccc2)S(=O)(=O)c2cc(Cl)ccc2Cl)cc(OC)c1OC. The van der Waals surface area contributed by atoms with E-state index in [1.165, 1.54) is 45.7 Å². The van der Waals surface area contributed by atoms with Gasteiger partial charge in [0.05, 0.1) is 39.1 Å². The second kappa shape index (κ2) is 13.5. The van der Waals surface area contributed by atoms with Crippen molar-refractivity contribution in [3.8, 4) is 17.2 Å². The Balaban J connectivity index is 1.80. The number of hydrazone groups is 1. The molecule has 0 heterocycles. The van der Waals surface area contributed by atoms with Crippen LogP contribution in [0.5, 0.6) is 17.2 Å². The quantitative estimate of drug-likeness (QED) is 0.252. The number of ether oxygens (including phenoxy) is 3. The average Bonchev–Trinajstić information content (AvgIpc) is 2.92. The molecule has 202 valence electrons. The van der Waals surface area contributed by atoms with Crippen molar-refractivity contribution < 1.29 is 27.4 Å². The maximum atomic E-state index is 13.5. The van der Waals surface area contributed by atoms with E-state index in [0.717, 1.165) is 9.87 Å². The summed E-state index contributed by atoms with van der Waals surface area (Å²) in [7, 11) is 0.289. The van der Waals surface area contributed by atoms with Crippen molar-refractivity contribution in [2.75, 3.05) is 34.4 Å². The van der Waals surface area contributed by atoms with Gasteiger partial charge in [0.25, 0.3) is 5.91 Å². The van der Waals surface area contributed by atoms with Crippen molar-refractivity contribution in [2.45, 2.75) is 11.3 Å². The van der Waals surface area contributed by atoms with E-state index in [1.54, 1.807) is 12.1 Å². The van der Waals surface area contributed by atoms with Crippen LogP contribution in [0, 0.1) is 0 Å². The van der Waals surface area contributed by atoms with Crippen LogP contribution in [0.2, 0.25) is 10.0 Å². The number of hydrogen-bond donors (Lipinski definition) is 1. The zero-order valence-corrected chi connectivity index (χ0v) is 23.3. The highest BCUT2D eigenvalue weighted by molar-refractivity contribution is 7.89. The molecule has 0 unspecified atom stereocenters. The monoisotopic (exact) mass is 579 g/mol. The molecule has 38 heavy (non-hydrogen) atoms. The predicted octanol–water partition coefficient (Wildman–Crippen LogP) is 4.40. The summed E-state index contributed by atoms with van der Waals surface area (Å²) in [6.07, 6.45) is 1.75. The van der Waals surface area contributed by atoms with Crippen molar-refractivity contribution in [3.63, 3.8) is 0 Å². The third-order valence-electron chi connectivity index (χ3n) is 5.41. The summed E-state index contributed by atoms with van der Waals surface area (Å²) in [5.41, 5.74) is 3.83. The fraction of sp³-hybridized carbons (Fsp3) is 0.231. The third kappa shape index (κ3) is 7.38. The second-order valence-corrected chi connectivity index (χ2v) is 10.7. The molecule has 0 aliphatic rings. The molecule has 0 saturated heterocycles. The highest BCUT2D eigenvalue weighted by atomic mass is 35.5. The number of carbonyl (C=O) groups excluding carboxylic acids is 1. The van der Waals surface area contributed by atoms with Crippen molar-refractivity contribution in [2.24, 2.45) is 5.10 Å². The van der Waals surface area contributed by atoms with Crippen LogP contribution in [0.15, 0.2) is 70.7 Å². The zero-order chi connectivity index (χ0) is 27.7. The lowest BCUT2D eigenvalue weighted by Crippen LogP contribution is -2.40. The van der Waals surface area contributed by atoms with Crippen LogP contribution in [-0.2, 0) is 21.2 Å². The van der Waals surface area contributed by atoms with E-state index in [1.807, 2.05) is 30.3 Å². The maximum Gasteiger partial charge on any atom is 0.255 e. The Morgan fingerprint density at radius 1 is 0.974 bits per heavy atom. The Labute approximate surface area is 232 Å². The molecule has 0 spiro atoms. The summed E-state index contributed by atoms with van der Waals surface area (Å²) in [6, 6.07) is 16.8. The first-order valence-electron chi connectivity index (χ1n) is 11.3. The molecule has 3 aromatic carbocycles. The number of carbonyl (C=O) groups is 1. The van der Waals surface area contributed by atoms with Gasteiger partial charge in [0.15, 0.2) is 11.5 Å². The lowest BCUT2D eigenvalue weighted by Gasteiger charge is -2.22. The molecule has 1 amide bonds. The Bertz CT molecular complexity index is 1380. The van der Waals surface area contributed by atoms with Crippen molar-refractivity contribution >= 4 is 45.3 Å². The van der Waals surface area contributed by atoms with Crippen LogP contribution in [0.25, 0.3) is 0 Å². The first-order valence-corrected chi connectivity index (χ1v) is 13.5. The molecule has 0 aliphatic carbocycles. The first-order chi connectivity index (χ1) is 18.2. The van der Waals surface area contributed by atoms with Gasteiger partial charge in [-0.25, -0.2) is 13.8 Å². The number of nitrogens with one attached hydrogen (secondary N) is 1. The predicted molar refractivity (Wildman–Crippen MR) is 147 cm³/mol. The topological polar surface area (TPSA) is 107 Å². The van der Waals surface area contributed by atoms with Gasteiger partial charge in [-0.1, -0.05) is 53.5 Å². The van der Waals surface area contributed by atoms with Gasteiger partial charge in [-0.2, -0.15) is 9.41 Å². The largest absolute Gasteiger partial charge is 0.493 e. The van der Waals surface area contributed by atoms with Gasteiger partial charge in [-0.3, -0.25) is 4.79 Å². The van der Waals surface area contributed by atoms with Crippen molar-refractivity contribution in [1.29, 1.82) is 0 Å². The van der Waals surface area contributed by atoms with E-state index in [9.17, 15) is 13.2 Å². The Morgan fingerprint density at radius 2 is 1.63 bits per heavy atom. The van der Waals surface area contributed by atoms with Crippen LogP contribution in [0.3, 0.4) is 0 Å². The van der Waals surface area contributed by atoms with Gasteiger partial charge in [-0.15, -0.1) is 0 Å². The lowest BCUT2D eigenvalue weighted by molar-refractivity contribution is -0.121. The zero-order valence-electron chi connectivity index (χ0n) is 21.0. The third-order valence-corrected chi connectivity index (χ3v) is 7.98. The Kier molecular flexibility index (Phi) is 10.4. The standard InChI is InChI=1S/C26H27Cl2N3O6S/c1-35-22-13-19(14-23(36-2)26(22)37-3)16-29-30-25(32)17-31(12-11-18-7-5-4-6-8-18)38(33,34)24-15-20(27)9-10-21(24)28/h4-10,13-16H,11-12,17H2,1-3H3,(H,30,32)/b29-16-. The molecule has 0 saturated carbocycles. The molecule has 0 bridgehead atoms. The van der Waals surface area contributed by atoms with E-state index < -0.39 is 22.5 Å². The summed E-state index contributed by atoms with van der Waals surface area (Å²) >= 11 is 12.2. The van der Waals surface area contributed by atoms with Gasteiger partial charge in [-0.05, 0) is 42.3 Å². The smallest absolute Gasteiger partial charge is 0.255 e. The lowest BCUT2D eigenvalue weighted by atomic mass is 10.1. The molecular weight excluding hydrogens is 553 g/mol. The van der Waals surface area contributed by atoms with Crippen LogP contribution in [-0.4, -0.2) is 59.3 Å². The van der Waals surface area contributed by atoms with Gasteiger partial charge >= 0.3 is 0 Å². The number of sulfonamides is 1. The highest BCUT2D eigenvalue weighted by Gasteiger charge is 2.29. The van der Waals surface area contributed by atoms with Crippen LogP contribution in [0.4, 0.5) is 0 Å². The van der Waals surface area contributed by atoms with Crippen LogP contribution >= 0.6 is 23.2 Å². The van der Waals surface area contributed by atoms with Gasteiger partial charge in [0.2, 0.25) is 15.8 Å². The van der Waals surface area contributed by atoms with E-state index in [-0.39, 0.29) is 21.5 Å². The van der Waals surface area contributed by atoms with E-state index in [2.05, 4.69) is 10.5 Å². The minimum atomic E-state index is -4.17. The number of amides is 1. The van der Waals surface area contributed by atoms with Gasteiger partial charge in [0, 0.05) is 17.1 Å². The summed E-state index contributed by atoms with van der Waals surface area (Å²) in [6.45, 7) is -0.468. The molecular formula is C26H27Cl2N3O6S. The normalized spacial score (nSPS) is 11.5. The molecule has 9 nitrogen and oxygen atoms in total. The number of benzene rings is 3. The number of rotatable bonds is 12. The molecule has 0 aromatic heterocycles. The van der Waals surface area contributed by atoms with Crippen LogP contribution < -0.4 is 19.6 Å². The molecule has 0 atom stereocenters. The minimum Gasteiger partial charge on any atom is -0.493 e. The summed E-state index contributed by atoms with van der Waals surface area (Å²) < 4.78 is 43.9. The fourth-order valence-electron chi connectivity index (χ4n) is 3.55. The Morgan fingerprint density at radius 3 is 2.24 bits per heavy atom. The summed E-state index contributed by atoms with van der Waals surface area (Å²) in [5.74, 6) is 0.589. The molecule has 12 heteroatoms. The molecule has 0 fully saturated rings. The van der Waals surface area contributed by atoms with Gasteiger partial charge in [0.1, 0.15) is 4.90 Å². The molecule has 1 N–H and O–H groups in total.